The zero-order chi connectivity index (χ0) is 22.9. The molecule has 2 aromatic heterocycles. The number of pyridine rings is 1. The van der Waals surface area contributed by atoms with Crippen LogP contribution in [0.3, 0.4) is 0 Å². The number of carbonyl (C=O) groups excluding carboxylic acids is 2. The fourth-order valence-electron chi connectivity index (χ4n) is 3.68. The third-order valence-corrected chi connectivity index (χ3v) is 5.37. The van der Waals surface area contributed by atoms with Crippen molar-refractivity contribution in [3.05, 3.63) is 71.9 Å². The minimum Gasteiger partial charge on any atom is -0.454 e. The van der Waals surface area contributed by atoms with Crippen molar-refractivity contribution >= 4 is 22.8 Å². The lowest BCUT2D eigenvalue weighted by Crippen LogP contribution is -2.15. The highest BCUT2D eigenvalue weighted by Gasteiger charge is 2.21. The molecule has 166 valence electrons. The third kappa shape index (κ3) is 3.91. The number of hydrogen-bond acceptors (Lipinski definition) is 7. The Morgan fingerprint density at radius 2 is 1.85 bits per heavy atom. The predicted octanol–water partition coefficient (Wildman–Crippen LogP) is 4.45. The maximum absolute atomic E-state index is 13.1. The van der Waals surface area contributed by atoms with Crippen LogP contribution in [0.1, 0.15) is 40.6 Å². The van der Waals surface area contributed by atoms with E-state index < -0.39 is 12.6 Å². The third-order valence-electron chi connectivity index (χ3n) is 5.37. The molecule has 33 heavy (non-hydrogen) atoms. The number of fused-ring (bicyclic) bond motifs is 2. The predicted molar refractivity (Wildman–Crippen MR) is 121 cm³/mol. The molecule has 1 aliphatic heterocycles. The Hall–Kier alpha value is -4.20. The van der Waals surface area contributed by atoms with Crippen LogP contribution in [0.2, 0.25) is 0 Å². The second-order valence-electron chi connectivity index (χ2n) is 7.91. The van der Waals surface area contributed by atoms with Gasteiger partial charge in [-0.1, -0.05) is 30.3 Å². The summed E-state index contributed by atoms with van der Waals surface area (Å²) in [4.78, 5) is 30.4. The molecular weight excluding hydrogens is 422 g/mol. The van der Waals surface area contributed by atoms with Crippen molar-refractivity contribution in [3.63, 3.8) is 0 Å². The normalized spacial score (nSPS) is 12.3. The Bertz CT molecular complexity index is 1360. The van der Waals surface area contributed by atoms with Gasteiger partial charge in [-0.25, -0.2) is 14.5 Å². The zero-order valence-corrected chi connectivity index (χ0v) is 18.1. The fraction of sp³-hybridized carbons (Fsp3) is 0.200. The van der Waals surface area contributed by atoms with E-state index in [1.54, 1.807) is 35.1 Å². The number of rotatable bonds is 6. The minimum atomic E-state index is -0.614. The number of esters is 1. The highest BCUT2D eigenvalue weighted by Crippen LogP contribution is 2.32. The van der Waals surface area contributed by atoms with Gasteiger partial charge in [0.2, 0.25) is 6.79 Å². The van der Waals surface area contributed by atoms with E-state index in [0.717, 1.165) is 5.56 Å². The molecule has 0 radical (unpaired) electrons. The zero-order valence-electron chi connectivity index (χ0n) is 18.1. The minimum absolute atomic E-state index is 0.0532. The van der Waals surface area contributed by atoms with E-state index in [4.69, 9.17) is 19.2 Å². The van der Waals surface area contributed by atoms with Crippen molar-refractivity contribution in [2.45, 2.75) is 19.9 Å². The second kappa shape index (κ2) is 8.38. The number of benzene rings is 2. The van der Waals surface area contributed by atoms with Crippen LogP contribution in [-0.4, -0.2) is 39.9 Å². The molecule has 8 heteroatoms. The lowest BCUT2D eigenvalue weighted by Gasteiger charge is -2.11. The first-order valence-electron chi connectivity index (χ1n) is 10.5. The number of Topliss-reactive ketones (excluding diaryl/α,β-unsaturated/α-hetero) is 1. The Morgan fingerprint density at radius 1 is 1.06 bits per heavy atom. The van der Waals surface area contributed by atoms with Crippen LogP contribution in [0.5, 0.6) is 11.5 Å². The van der Waals surface area contributed by atoms with Crippen LogP contribution in [0.25, 0.3) is 22.3 Å². The van der Waals surface area contributed by atoms with Crippen LogP contribution in [-0.2, 0) is 4.74 Å². The molecule has 0 amide bonds. The summed E-state index contributed by atoms with van der Waals surface area (Å²) in [6.07, 6.45) is 1.60. The molecule has 0 saturated carbocycles. The highest BCUT2D eigenvalue weighted by molar-refractivity contribution is 6.05. The molecule has 0 spiro atoms. The van der Waals surface area contributed by atoms with E-state index in [9.17, 15) is 9.59 Å². The summed E-state index contributed by atoms with van der Waals surface area (Å²) in [6, 6.07) is 16.2. The fourth-order valence-corrected chi connectivity index (χ4v) is 3.68. The molecule has 0 N–H and O–H groups in total. The number of carbonyl (C=O) groups is 2. The van der Waals surface area contributed by atoms with Gasteiger partial charge >= 0.3 is 5.97 Å². The number of ether oxygens (including phenoxy) is 3. The van der Waals surface area contributed by atoms with Crippen LogP contribution in [0, 0.1) is 0 Å². The Kier molecular flexibility index (Phi) is 5.26. The van der Waals surface area contributed by atoms with Gasteiger partial charge in [0.25, 0.3) is 0 Å². The van der Waals surface area contributed by atoms with Crippen molar-refractivity contribution < 1.29 is 23.8 Å². The van der Waals surface area contributed by atoms with Crippen molar-refractivity contribution in [2.75, 3.05) is 13.4 Å². The molecule has 5 rings (SSSR count). The van der Waals surface area contributed by atoms with Gasteiger partial charge in [-0.15, -0.1) is 0 Å². The van der Waals surface area contributed by atoms with Gasteiger partial charge in [0.1, 0.15) is 0 Å². The van der Waals surface area contributed by atoms with Gasteiger partial charge in [-0.05, 0) is 38.1 Å². The van der Waals surface area contributed by atoms with E-state index in [2.05, 4.69) is 5.10 Å². The van der Waals surface area contributed by atoms with Crippen LogP contribution >= 0.6 is 0 Å². The quantitative estimate of drug-likeness (QED) is 0.321. The molecule has 2 aromatic carbocycles. The van der Waals surface area contributed by atoms with Crippen LogP contribution < -0.4 is 9.47 Å². The summed E-state index contributed by atoms with van der Waals surface area (Å²) in [5.41, 5.74) is 2.76. The number of aromatic nitrogens is 3. The smallest absolute Gasteiger partial charge is 0.339 e. The largest absolute Gasteiger partial charge is 0.454 e. The molecule has 0 atom stereocenters. The molecule has 0 unspecified atom stereocenters. The average Bonchev–Trinajstić information content (AvgIpc) is 3.48. The van der Waals surface area contributed by atoms with Gasteiger partial charge < -0.3 is 14.2 Å². The van der Waals surface area contributed by atoms with Crippen LogP contribution in [0.15, 0.2) is 60.8 Å². The molecule has 4 aromatic rings. The highest BCUT2D eigenvalue weighted by atomic mass is 16.7. The molecule has 0 aliphatic carbocycles. The van der Waals surface area contributed by atoms with E-state index in [0.29, 0.717) is 39.4 Å². The van der Waals surface area contributed by atoms with Crippen molar-refractivity contribution in [1.29, 1.82) is 0 Å². The van der Waals surface area contributed by atoms with Crippen molar-refractivity contribution in [1.82, 2.24) is 14.8 Å². The number of ketones is 1. The monoisotopic (exact) mass is 443 g/mol. The lowest BCUT2D eigenvalue weighted by atomic mass is 10.1. The molecule has 8 nitrogen and oxygen atoms in total. The first-order chi connectivity index (χ1) is 16.0. The van der Waals surface area contributed by atoms with Gasteiger partial charge in [0.15, 0.2) is 29.5 Å². The molecule has 0 fully saturated rings. The van der Waals surface area contributed by atoms with Crippen LogP contribution in [0.4, 0.5) is 0 Å². The summed E-state index contributed by atoms with van der Waals surface area (Å²) in [5.74, 6) is 0.125. The number of nitrogens with zero attached hydrogens (tertiary/aromatic N) is 3. The molecular formula is C25H21N3O5. The van der Waals surface area contributed by atoms with Gasteiger partial charge in [-0.3, -0.25) is 4.79 Å². The average molecular weight is 443 g/mol. The molecule has 0 bridgehead atoms. The summed E-state index contributed by atoms with van der Waals surface area (Å²) in [5, 5.41) is 4.98. The Morgan fingerprint density at radius 3 is 2.64 bits per heavy atom. The van der Waals surface area contributed by atoms with Gasteiger partial charge in [0.05, 0.1) is 22.8 Å². The van der Waals surface area contributed by atoms with E-state index >= 15 is 0 Å². The summed E-state index contributed by atoms with van der Waals surface area (Å²) in [6.45, 7) is 3.70. The molecule has 1 aliphatic rings. The van der Waals surface area contributed by atoms with Crippen molar-refractivity contribution in [3.8, 4) is 22.8 Å². The second-order valence-corrected chi connectivity index (χ2v) is 7.91. The topological polar surface area (TPSA) is 92.5 Å². The lowest BCUT2D eigenvalue weighted by molar-refractivity contribution is 0.0476. The van der Waals surface area contributed by atoms with Gasteiger partial charge in [-0.2, -0.15) is 5.10 Å². The first-order valence-corrected chi connectivity index (χ1v) is 10.5. The summed E-state index contributed by atoms with van der Waals surface area (Å²) >= 11 is 0. The van der Waals surface area contributed by atoms with Crippen molar-refractivity contribution in [2.24, 2.45) is 0 Å². The standard InChI is InChI=1S/C25H21N3O5/c1-15(2)28-24-19(12-26-28)18(11-20(27-24)16-6-4-3-5-7-16)25(30)31-13-21(29)17-8-9-22-23(10-17)33-14-32-22/h3-12,15H,13-14H2,1-2H3. The maximum atomic E-state index is 13.1. The SMILES string of the molecule is CC(C)n1ncc2c(C(=O)OCC(=O)c3ccc4c(c3)OCO4)cc(-c3ccccc3)nc21. The Labute approximate surface area is 189 Å². The first kappa shape index (κ1) is 20.7. The summed E-state index contributed by atoms with van der Waals surface area (Å²) < 4.78 is 17.7. The Balaban J connectivity index is 1.44. The van der Waals surface area contributed by atoms with E-state index in [1.165, 1.54) is 0 Å². The maximum Gasteiger partial charge on any atom is 0.339 e. The molecule has 3 heterocycles. The van der Waals surface area contributed by atoms with E-state index in [-0.39, 0.29) is 18.6 Å². The van der Waals surface area contributed by atoms with E-state index in [1.807, 2.05) is 44.2 Å². The summed E-state index contributed by atoms with van der Waals surface area (Å²) in [7, 11) is 0. The van der Waals surface area contributed by atoms with Gasteiger partial charge in [0, 0.05) is 17.2 Å². The molecule has 0 saturated heterocycles. The number of hydrogen-bond donors (Lipinski definition) is 0.